The van der Waals surface area contributed by atoms with E-state index >= 15 is 0 Å². The van der Waals surface area contributed by atoms with Gasteiger partial charge in [0, 0.05) is 12.6 Å². The number of nitrogens with zero attached hydrogens (tertiary/aromatic N) is 1. The zero-order valence-corrected chi connectivity index (χ0v) is 8.06. The summed E-state index contributed by atoms with van der Waals surface area (Å²) in [4.78, 5) is 2.05. The van der Waals surface area contributed by atoms with Crippen LogP contribution in [0.25, 0.3) is 0 Å². The summed E-state index contributed by atoms with van der Waals surface area (Å²) in [6.07, 6.45) is 0.378. The van der Waals surface area contributed by atoms with Gasteiger partial charge in [-0.2, -0.15) is 0 Å². The Morgan fingerprint density at radius 3 is 2.69 bits per heavy atom. The average molecular weight is 189 g/mol. The summed E-state index contributed by atoms with van der Waals surface area (Å²) < 4.78 is 0. The number of hydrogen-bond donors (Lipinski definition) is 3. The Bertz CT molecular complexity index is 154. The first-order valence-electron chi connectivity index (χ1n) is 4.82. The molecule has 4 nitrogen and oxygen atoms in total. The van der Waals surface area contributed by atoms with Gasteiger partial charge in [0.25, 0.3) is 0 Å². The maximum absolute atomic E-state index is 9.24. The molecule has 3 N–H and O–H groups in total. The third kappa shape index (κ3) is 2.64. The molecule has 0 aromatic heterocycles. The fourth-order valence-electron chi connectivity index (χ4n) is 1.94. The van der Waals surface area contributed by atoms with E-state index in [9.17, 15) is 5.11 Å². The number of rotatable bonds is 4. The van der Waals surface area contributed by atoms with E-state index in [4.69, 9.17) is 10.2 Å². The Hall–Kier alpha value is -0.160. The summed E-state index contributed by atoms with van der Waals surface area (Å²) in [5.74, 6) is 0.482. The summed E-state index contributed by atoms with van der Waals surface area (Å²) in [6.45, 7) is 3.41. The van der Waals surface area contributed by atoms with Crippen LogP contribution in [-0.2, 0) is 0 Å². The van der Waals surface area contributed by atoms with Crippen molar-refractivity contribution in [3.05, 3.63) is 0 Å². The monoisotopic (exact) mass is 189 g/mol. The van der Waals surface area contributed by atoms with Gasteiger partial charge in [-0.25, -0.2) is 0 Å². The van der Waals surface area contributed by atoms with E-state index in [-0.39, 0.29) is 19.3 Å². The Balaban J connectivity index is 2.41. The number of hydrogen-bond acceptors (Lipinski definition) is 4. The molecule has 1 fully saturated rings. The lowest BCUT2D eigenvalue weighted by atomic mass is 10.0. The van der Waals surface area contributed by atoms with E-state index < -0.39 is 6.10 Å². The van der Waals surface area contributed by atoms with E-state index in [2.05, 4.69) is 6.92 Å². The summed E-state index contributed by atoms with van der Waals surface area (Å²) in [5.41, 5.74) is 0. The zero-order valence-electron chi connectivity index (χ0n) is 8.06. The van der Waals surface area contributed by atoms with Gasteiger partial charge in [0.15, 0.2) is 0 Å². The molecular weight excluding hydrogens is 170 g/mol. The van der Waals surface area contributed by atoms with Crippen molar-refractivity contribution in [1.29, 1.82) is 0 Å². The normalized spacial score (nSPS) is 32.3. The van der Waals surface area contributed by atoms with Gasteiger partial charge in [-0.1, -0.05) is 6.92 Å². The molecule has 0 aromatic rings. The lowest BCUT2D eigenvalue weighted by Crippen LogP contribution is -2.41. The quantitative estimate of drug-likeness (QED) is 0.533. The van der Waals surface area contributed by atoms with E-state index in [1.165, 1.54) is 0 Å². The van der Waals surface area contributed by atoms with Gasteiger partial charge in [-0.3, -0.25) is 4.90 Å². The van der Waals surface area contributed by atoms with Crippen LogP contribution in [0.2, 0.25) is 0 Å². The molecular formula is C9H19NO3. The molecule has 0 radical (unpaired) electrons. The van der Waals surface area contributed by atoms with Crippen molar-refractivity contribution in [2.24, 2.45) is 5.92 Å². The predicted octanol–water partition coefficient (Wildman–Crippen LogP) is -0.958. The predicted molar refractivity (Wildman–Crippen MR) is 49.3 cm³/mol. The first-order valence-corrected chi connectivity index (χ1v) is 4.82. The SMILES string of the molecule is CC1CCN(CC(O)CO)C1CO. The third-order valence-corrected chi connectivity index (χ3v) is 2.84. The molecule has 3 unspecified atom stereocenters. The molecule has 0 bridgehead atoms. The van der Waals surface area contributed by atoms with Gasteiger partial charge in [-0.05, 0) is 18.9 Å². The van der Waals surface area contributed by atoms with Gasteiger partial charge < -0.3 is 15.3 Å². The van der Waals surface area contributed by atoms with E-state index in [1.807, 2.05) is 4.90 Å². The van der Waals surface area contributed by atoms with Crippen molar-refractivity contribution in [3.8, 4) is 0 Å². The molecule has 0 amide bonds. The van der Waals surface area contributed by atoms with E-state index in [0.717, 1.165) is 13.0 Å². The maximum atomic E-state index is 9.24. The second-order valence-corrected chi connectivity index (χ2v) is 3.85. The van der Waals surface area contributed by atoms with Gasteiger partial charge in [0.1, 0.15) is 0 Å². The van der Waals surface area contributed by atoms with Crippen LogP contribution in [0.15, 0.2) is 0 Å². The van der Waals surface area contributed by atoms with E-state index in [0.29, 0.717) is 12.5 Å². The van der Waals surface area contributed by atoms with Crippen LogP contribution in [0.1, 0.15) is 13.3 Å². The van der Waals surface area contributed by atoms with Crippen LogP contribution in [0.3, 0.4) is 0 Å². The van der Waals surface area contributed by atoms with E-state index in [1.54, 1.807) is 0 Å². The standard InChI is InChI=1S/C9H19NO3/c1-7-2-3-10(9(7)6-12)4-8(13)5-11/h7-9,11-13H,2-6H2,1H3. The molecule has 0 saturated carbocycles. The highest BCUT2D eigenvalue weighted by atomic mass is 16.3. The highest BCUT2D eigenvalue weighted by molar-refractivity contribution is 4.85. The van der Waals surface area contributed by atoms with Crippen LogP contribution >= 0.6 is 0 Å². The fraction of sp³-hybridized carbons (Fsp3) is 1.00. The molecule has 3 atom stereocenters. The lowest BCUT2D eigenvalue weighted by molar-refractivity contribution is 0.0413. The molecule has 0 spiro atoms. The second-order valence-electron chi connectivity index (χ2n) is 3.85. The molecule has 0 aliphatic carbocycles. The summed E-state index contributed by atoms with van der Waals surface area (Å²) in [5, 5.41) is 27.0. The van der Waals surface area contributed by atoms with Gasteiger partial charge in [-0.15, -0.1) is 0 Å². The van der Waals surface area contributed by atoms with Crippen molar-refractivity contribution < 1.29 is 15.3 Å². The summed E-state index contributed by atoms with van der Waals surface area (Å²) in [6, 6.07) is 0.154. The second kappa shape index (κ2) is 4.91. The van der Waals surface area contributed by atoms with Crippen molar-refractivity contribution >= 4 is 0 Å². The highest BCUT2D eigenvalue weighted by Crippen LogP contribution is 2.23. The maximum Gasteiger partial charge on any atom is 0.0897 e. The van der Waals surface area contributed by atoms with Crippen LogP contribution in [0, 0.1) is 5.92 Å². The first-order chi connectivity index (χ1) is 6.19. The van der Waals surface area contributed by atoms with Crippen LogP contribution in [0.4, 0.5) is 0 Å². The molecule has 1 rings (SSSR count). The van der Waals surface area contributed by atoms with Gasteiger partial charge in [0.2, 0.25) is 0 Å². The minimum Gasteiger partial charge on any atom is -0.395 e. The van der Waals surface area contributed by atoms with Crippen LogP contribution in [-0.4, -0.2) is 58.7 Å². The fourth-order valence-corrected chi connectivity index (χ4v) is 1.94. The molecule has 1 saturated heterocycles. The highest BCUT2D eigenvalue weighted by Gasteiger charge is 2.31. The molecule has 1 heterocycles. The Labute approximate surface area is 78.8 Å². The number of β-amino-alcohol motifs (C(OH)–C–C–N with tert-alkyl or cyclic N) is 1. The Kier molecular flexibility index (Phi) is 4.12. The van der Waals surface area contributed by atoms with Gasteiger partial charge in [0.05, 0.1) is 19.3 Å². The van der Waals surface area contributed by atoms with Crippen LogP contribution in [0.5, 0.6) is 0 Å². The molecule has 0 aromatic carbocycles. The molecule has 13 heavy (non-hydrogen) atoms. The minimum atomic E-state index is -0.681. The van der Waals surface area contributed by atoms with Crippen molar-refractivity contribution in [1.82, 2.24) is 4.90 Å². The minimum absolute atomic E-state index is 0.138. The topological polar surface area (TPSA) is 63.9 Å². The molecule has 1 aliphatic heterocycles. The lowest BCUT2D eigenvalue weighted by Gasteiger charge is -2.26. The summed E-state index contributed by atoms with van der Waals surface area (Å²) in [7, 11) is 0. The van der Waals surface area contributed by atoms with Gasteiger partial charge >= 0.3 is 0 Å². The Morgan fingerprint density at radius 2 is 2.15 bits per heavy atom. The third-order valence-electron chi connectivity index (χ3n) is 2.84. The number of aliphatic hydroxyl groups excluding tert-OH is 3. The van der Waals surface area contributed by atoms with Crippen molar-refractivity contribution in [3.63, 3.8) is 0 Å². The number of likely N-dealkylation sites (tertiary alicyclic amines) is 1. The summed E-state index contributed by atoms with van der Waals surface area (Å²) >= 11 is 0. The first kappa shape index (κ1) is 10.9. The van der Waals surface area contributed by atoms with Crippen LogP contribution < -0.4 is 0 Å². The van der Waals surface area contributed by atoms with Crippen molar-refractivity contribution in [2.75, 3.05) is 26.3 Å². The number of aliphatic hydroxyl groups is 3. The largest absolute Gasteiger partial charge is 0.395 e. The van der Waals surface area contributed by atoms with Crippen molar-refractivity contribution in [2.45, 2.75) is 25.5 Å². The molecule has 4 heteroatoms. The average Bonchev–Trinajstić information content (AvgIpc) is 2.46. The molecule has 78 valence electrons. The Morgan fingerprint density at radius 1 is 1.46 bits per heavy atom. The molecule has 1 aliphatic rings. The zero-order chi connectivity index (χ0) is 9.84. The smallest absolute Gasteiger partial charge is 0.0897 e.